The monoisotopic (exact) mass is 306 g/mol. The Labute approximate surface area is 142 Å². The summed E-state index contributed by atoms with van der Waals surface area (Å²) in [6, 6.07) is -1.58. The van der Waals surface area contributed by atoms with Crippen LogP contribution < -0.4 is 0 Å². The number of piperidine rings is 1. The van der Waals surface area contributed by atoms with Gasteiger partial charge in [-0.1, -0.05) is 55.9 Å². The van der Waals surface area contributed by atoms with Gasteiger partial charge in [0.1, 0.15) is 0 Å². The molecule has 2 aliphatic rings. The van der Waals surface area contributed by atoms with Crippen LogP contribution in [0.1, 0.15) is 70.2 Å². The molecule has 0 radical (unpaired) electrons. The Bertz CT molecular complexity index is 642. The standard InChI is InChI=1S/C20H31NO/c22-20(18-10-4-1-5-11-18,19-12-6-2-7-13-19)14-17-21-15-8-3-9-16-21/h1,4-5,10-11,19,22H,2-3,6-9,12-17H2/i1D,4D,5D,10D,11D. The maximum Gasteiger partial charge on any atom is 0.0936 e. The molecule has 0 bridgehead atoms. The van der Waals surface area contributed by atoms with Crippen molar-refractivity contribution >= 4 is 0 Å². The molecule has 22 heavy (non-hydrogen) atoms. The van der Waals surface area contributed by atoms with Gasteiger partial charge in [0.05, 0.1) is 12.5 Å². The highest BCUT2D eigenvalue weighted by Crippen LogP contribution is 2.41. The van der Waals surface area contributed by atoms with E-state index in [2.05, 4.69) is 4.90 Å². The van der Waals surface area contributed by atoms with Gasteiger partial charge in [-0.15, -0.1) is 0 Å². The average molecular weight is 307 g/mol. The highest BCUT2D eigenvalue weighted by molar-refractivity contribution is 5.23. The minimum absolute atomic E-state index is 0.0559. The number of hydrogen-bond donors (Lipinski definition) is 1. The van der Waals surface area contributed by atoms with Gasteiger partial charge in [0.25, 0.3) is 0 Å². The molecule has 1 N–H and O–H groups in total. The van der Waals surface area contributed by atoms with Gasteiger partial charge in [-0.3, -0.25) is 0 Å². The van der Waals surface area contributed by atoms with E-state index in [9.17, 15) is 5.11 Å². The van der Waals surface area contributed by atoms with Crippen LogP contribution >= 0.6 is 0 Å². The summed E-state index contributed by atoms with van der Waals surface area (Å²) in [4.78, 5) is 2.34. The maximum absolute atomic E-state index is 11.8. The van der Waals surface area contributed by atoms with Crippen molar-refractivity contribution in [2.24, 2.45) is 5.92 Å². The lowest BCUT2D eigenvalue weighted by Gasteiger charge is -2.40. The minimum Gasteiger partial charge on any atom is -0.385 e. The summed E-state index contributed by atoms with van der Waals surface area (Å²) in [7, 11) is 0. The van der Waals surface area contributed by atoms with Crippen LogP contribution in [-0.2, 0) is 5.60 Å². The number of benzene rings is 1. The molecule has 0 spiro atoms. The molecule has 1 unspecified atom stereocenters. The molecule has 1 aliphatic heterocycles. The van der Waals surface area contributed by atoms with Crippen LogP contribution in [-0.4, -0.2) is 29.6 Å². The Hall–Kier alpha value is -0.860. The van der Waals surface area contributed by atoms with E-state index in [1.54, 1.807) is 0 Å². The van der Waals surface area contributed by atoms with Gasteiger partial charge in [-0.05, 0) is 56.7 Å². The van der Waals surface area contributed by atoms with Crippen LogP contribution in [0.5, 0.6) is 0 Å². The van der Waals surface area contributed by atoms with E-state index in [0.717, 1.165) is 58.0 Å². The Kier molecular flexibility index (Phi) is 3.75. The van der Waals surface area contributed by atoms with E-state index >= 15 is 0 Å². The fourth-order valence-electron chi connectivity index (χ4n) is 4.09. The summed E-state index contributed by atoms with van der Waals surface area (Å²) in [5.74, 6) is -0.0559. The molecule has 3 rings (SSSR count). The zero-order valence-corrected chi connectivity index (χ0v) is 13.5. The Morgan fingerprint density at radius 2 is 1.64 bits per heavy atom. The molecule has 1 heterocycles. The third-order valence-electron chi connectivity index (χ3n) is 5.47. The largest absolute Gasteiger partial charge is 0.385 e. The second-order valence-electron chi connectivity index (χ2n) is 6.91. The van der Waals surface area contributed by atoms with Crippen LogP contribution in [0.3, 0.4) is 0 Å². The van der Waals surface area contributed by atoms with Crippen LogP contribution in [0.4, 0.5) is 0 Å². The quantitative estimate of drug-likeness (QED) is 0.875. The third kappa shape index (κ3) is 3.72. The summed E-state index contributed by atoms with van der Waals surface area (Å²) < 4.78 is 40.7. The van der Waals surface area contributed by atoms with Crippen LogP contribution in [0.2, 0.25) is 0 Å². The molecule has 1 aliphatic carbocycles. The smallest absolute Gasteiger partial charge is 0.0936 e. The predicted octanol–water partition coefficient (Wildman–Crippen LogP) is 4.33. The summed E-state index contributed by atoms with van der Waals surface area (Å²) in [5.41, 5.74) is -1.26. The van der Waals surface area contributed by atoms with E-state index < -0.39 is 11.6 Å². The summed E-state index contributed by atoms with van der Waals surface area (Å²) in [6.07, 6.45) is 8.87. The van der Waals surface area contributed by atoms with E-state index in [-0.39, 0.29) is 35.7 Å². The van der Waals surface area contributed by atoms with Crippen molar-refractivity contribution < 1.29 is 12.0 Å². The lowest BCUT2D eigenvalue weighted by molar-refractivity contribution is -0.0528. The van der Waals surface area contributed by atoms with E-state index in [1.807, 2.05) is 0 Å². The molecular formula is C20H31NO. The molecule has 0 amide bonds. The lowest BCUT2D eigenvalue weighted by atomic mass is 9.71. The number of rotatable bonds is 5. The lowest BCUT2D eigenvalue weighted by Crippen LogP contribution is -2.41. The van der Waals surface area contributed by atoms with Gasteiger partial charge in [0, 0.05) is 6.54 Å². The molecule has 1 atom stereocenters. The van der Waals surface area contributed by atoms with Crippen LogP contribution in [0, 0.1) is 5.92 Å². The Morgan fingerprint density at radius 1 is 1.00 bits per heavy atom. The number of nitrogens with zero attached hydrogens (tertiary/aromatic N) is 1. The fraction of sp³-hybridized carbons (Fsp3) is 0.700. The second kappa shape index (κ2) is 7.61. The molecular weight excluding hydrogens is 270 g/mol. The zero-order valence-electron chi connectivity index (χ0n) is 18.5. The molecule has 122 valence electrons. The second-order valence-corrected chi connectivity index (χ2v) is 6.91. The van der Waals surface area contributed by atoms with Gasteiger partial charge in [-0.25, -0.2) is 0 Å². The van der Waals surface area contributed by atoms with Crippen molar-refractivity contribution in [3.05, 3.63) is 35.8 Å². The van der Waals surface area contributed by atoms with Crippen molar-refractivity contribution in [1.82, 2.24) is 4.90 Å². The first-order chi connectivity index (χ1) is 12.9. The van der Waals surface area contributed by atoms with Crippen molar-refractivity contribution in [2.75, 3.05) is 19.6 Å². The van der Waals surface area contributed by atoms with Crippen molar-refractivity contribution in [1.29, 1.82) is 0 Å². The maximum atomic E-state index is 11.8. The average Bonchev–Trinajstić information content (AvgIpc) is 2.71. The SMILES string of the molecule is [2H]c1c([2H])c([2H])c(C(O)(CCN2CCCCC2)C2CCCCC2)c([2H])c1[2H]. The van der Waals surface area contributed by atoms with Gasteiger partial charge in [-0.2, -0.15) is 0 Å². The fourth-order valence-corrected chi connectivity index (χ4v) is 4.09. The summed E-state index contributed by atoms with van der Waals surface area (Å²) >= 11 is 0. The molecule has 1 aromatic carbocycles. The molecule has 2 heteroatoms. The van der Waals surface area contributed by atoms with Crippen molar-refractivity contribution in [2.45, 2.75) is 63.4 Å². The topological polar surface area (TPSA) is 23.5 Å². The zero-order chi connectivity index (χ0) is 19.6. The molecule has 2 nitrogen and oxygen atoms in total. The first-order valence-electron chi connectivity index (χ1n) is 11.4. The molecule has 1 aromatic rings. The van der Waals surface area contributed by atoms with E-state index in [1.165, 1.54) is 6.42 Å². The van der Waals surface area contributed by atoms with Gasteiger partial charge in [0.2, 0.25) is 0 Å². The van der Waals surface area contributed by atoms with Gasteiger partial charge in [0.15, 0.2) is 0 Å². The number of likely N-dealkylation sites (tertiary alicyclic amines) is 1. The highest BCUT2D eigenvalue weighted by Gasteiger charge is 2.38. The number of hydrogen-bond acceptors (Lipinski definition) is 2. The van der Waals surface area contributed by atoms with Crippen LogP contribution in [0.25, 0.3) is 0 Å². The summed E-state index contributed by atoms with van der Waals surface area (Å²) in [5, 5.41) is 11.8. The summed E-state index contributed by atoms with van der Waals surface area (Å²) in [6.45, 7) is 2.73. The van der Waals surface area contributed by atoms with E-state index in [0.29, 0.717) is 13.0 Å². The number of aliphatic hydroxyl groups is 1. The van der Waals surface area contributed by atoms with Crippen molar-refractivity contribution in [3.8, 4) is 0 Å². The first-order valence-corrected chi connectivity index (χ1v) is 8.88. The van der Waals surface area contributed by atoms with Crippen molar-refractivity contribution in [3.63, 3.8) is 0 Å². The molecule has 1 saturated heterocycles. The predicted molar refractivity (Wildman–Crippen MR) is 91.8 cm³/mol. The molecule has 1 saturated carbocycles. The Morgan fingerprint density at radius 3 is 2.32 bits per heavy atom. The normalized spacial score (nSPS) is 27.2. The van der Waals surface area contributed by atoms with Gasteiger partial charge >= 0.3 is 0 Å². The van der Waals surface area contributed by atoms with Gasteiger partial charge < -0.3 is 10.0 Å². The van der Waals surface area contributed by atoms with Crippen LogP contribution in [0.15, 0.2) is 30.2 Å². The molecule has 0 aromatic heterocycles. The molecule has 2 fully saturated rings. The highest BCUT2D eigenvalue weighted by atomic mass is 16.3. The third-order valence-corrected chi connectivity index (χ3v) is 5.47. The first kappa shape index (κ1) is 10.8. The minimum atomic E-state index is -1.37. The Balaban J connectivity index is 1.99. The van der Waals surface area contributed by atoms with E-state index in [4.69, 9.17) is 6.85 Å².